The van der Waals surface area contributed by atoms with Crippen molar-refractivity contribution in [2.45, 2.75) is 56.9 Å². The summed E-state index contributed by atoms with van der Waals surface area (Å²) < 4.78 is 38.0. The monoisotopic (exact) mass is 312 g/mol. The highest BCUT2D eigenvalue weighted by Crippen LogP contribution is 2.31. The molecule has 0 bridgehead atoms. The van der Waals surface area contributed by atoms with Crippen molar-refractivity contribution in [3.63, 3.8) is 0 Å². The highest BCUT2D eigenvalue weighted by Gasteiger charge is 2.32. The fourth-order valence-corrected chi connectivity index (χ4v) is 3.72. The topological polar surface area (TPSA) is 15.3 Å². The van der Waals surface area contributed by atoms with E-state index in [1.807, 2.05) is 0 Å². The van der Waals surface area contributed by atoms with Crippen molar-refractivity contribution in [3.8, 4) is 0 Å². The molecule has 0 radical (unpaired) electrons. The summed E-state index contributed by atoms with van der Waals surface area (Å²) in [6, 6.07) is 6.78. The van der Waals surface area contributed by atoms with Gasteiger partial charge in [0.25, 0.3) is 0 Å². The van der Waals surface area contributed by atoms with Crippen LogP contribution in [0.25, 0.3) is 0 Å². The molecule has 3 rings (SSSR count). The van der Waals surface area contributed by atoms with Gasteiger partial charge in [-0.2, -0.15) is 13.2 Å². The van der Waals surface area contributed by atoms with Crippen LogP contribution in [0.15, 0.2) is 24.3 Å². The summed E-state index contributed by atoms with van der Waals surface area (Å²) in [6.45, 7) is 2.80. The van der Waals surface area contributed by atoms with Crippen LogP contribution < -0.4 is 5.32 Å². The molecule has 1 aromatic rings. The molecule has 2 fully saturated rings. The highest BCUT2D eigenvalue weighted by atomic mass is 19.4. The lowest BCUT2D eigenvalue weighted by Crippen LogP contribution is -2.42. The number of hydrogen-bond donors (Lipinski definition) is 1. The highest BCUT2D eigenvalue weighted by molar-refractivity contribution is 5.24. The molecule has 1 aliphatic carbocycles. The maximum Gasteiger partial charge on any atom is 0.416 e. The first kappa shape index (κ1) is 15.8. The second kappa shape index (κ2) is 6.59. The van der Waals surface area contributed by atoms with Crippen LogP contribution in [0.4, 0.5) is 13.2 Å². The molecule has 1 aromatic carbocycles. The molecule has 0 aromatic heterocycles. The van der Waals surface area contributed by atoms with Gasteiger partial charge in [-0.3, -0.25) is 4.90 Å². The summed E-state index contributed by atoms with van der Waals surface area (Å²) >= 11 is 0. The average Bonchev–Trinajstić information content (AvgIpc) is 3.18. The molecule has 1 N–H and O–H groups in total. The Morgan fingerprint density at radius 3 is 2.23 bits per heavy atom. The van der Waals surface area contributed by atoms with Crippen LogP contribution in [0, 0.1) is 0 Å². The first-order valence-electron chi connectivity index (χ1n) is 8.16. The van der Waals surface area contributed by atoms with E-state index in [0.29, 0.717) is 12.1 Å². The van der Waals surface area contributed by atoms with Gasteiger partial charge in [-0.15, -0.1) is 0 Å². The zero-order chi connectivity index (χ0) is 15.6. The Morgan fingerprint density at radius 1 is 1.00 bits per heavy atom. The molecule has 1 saturated heterocycles. The number of nitrogens with one attached hydrogen (secondary N) is 1. The summed E-state index contributed by atoms with van der Waals surface area (Å²) in [5, 5.41) is 3.40. The van der Waals surface area contributed by atoms with E-state index in [1.165, 1.54) is 37.8 Å². The Kier molecular flexibility index (Phi) is 4.73. The predicted molar refractivity (Wildman–Crippen MR) is 80.5 cm³/mol. The second-order valence-electron chi connectivity index (χ2n) is 6.45. The van der Waals surface area contributed by atoms with Crippen LogP contribution in [0.2, 0.25) is 0 Å². The summed E-state index contributed by atoms with van der Waals surface area (Å²) in [4.78, 5) is 2.52. The van der Waals surface area contributed by atoms with Crippen LogP contribution in [0.3, 0.4) is 0 Å². The van der Waals surface area contributed by atoms with E-state index in [1.54, 1.807) is 12.1 Å². The molecule has 1 heterocycles. The van der Waals surface area contributed by atoms with E-state index < -0.39 is 11.7 Å². The maximum atomic E-state index is 12.7. The van der Waals surface area contributed by atoms with Crippen LogP contribution in [0.5, 0.6) is 0 Å². The normalized spacial score (nSPS) is 23.5. The standard InChI is InChI=1S/C17H23F3N2/c18-17(19,20)14-7-5-13(6-8-14)12-22(15-3-1-2-4-15)16-9-10-21-11-16/h5-8,15-16,21H,1-4,9-12H2/t16-/m0/s1. The molecule has 1 atom stereocenters. The first-order valence-corrected chi connectivity index (χ1v) is 8.16. The Bertz CT molecular complexity index is 456. The van der Waals surface area contributed by atoms with Gasteiger partial charge in [-0.05, 0) is 43.5 Å². The van der Waals surface area contributed by atoms with E-state index >= 15 is 0 Å². The number of alkyl halides is 3. The van der Waals surface area contributed by atoms with Crippen LogP contribution in [0.1, 0.15) is 43.2 Å². The largest absolute Gasteiger partial charge is 0.416 e. The van der Waals surface area contributed by atoms with Crippen molar-refractivity contribution >= 4 is 0 Å². The molecule has 5 heteroatoms. The van der Waals surface area contributed by atoms with Gasteiger partial charge < -0.3 is 5.32 Å². The molecule has 122 valence electrons. The van der Waals surface area contributed by atoms with E-state index in [4.69, 9.17) is 0 Å². The molecule has 0 spiro atoms. The second-order valence-corrected chi connectivity index (χ2v) is 6.45. The number of nitrogens with zero attached hydrogens (tertiary/aromatic N) is 1. The summed E-state index contributed by atoms with van der Waals surface area (Å²) in [6.07, 6.45) is 1.87. The van der Waals surface area contributed by atoms with Gasteiger partial charge in [-0.25, -0.2) is 0 Å². The SMILES string of the molecule is FC(F)(F)c1ccc(CN(C2CCCC2)[C@H]2CCNC2)cc1. The minimum absolute atomic E-state index is 0.519. The van der Waals surface area contributed by atoms with E-state index in [9.17, 15) is 13.2 Å². The molecule has 0 amide bonds. The first-order chi connectivity index (χ1) is 10.5. The Balaban J connectivity index is 1.72. The van der Waals surface area contributed by atoms with Crippen molar-refractivity contribution in [2.24, 2.45) is 0 Å². The van der Waals surface area contributed by atoms with Crippen LogP contribution in [-0.2, 0) is 12.7 Å². The van der Waals surface area contributed by atoms with Gasteiger partial charge in [-0.1, -0.05) is 25.0 Å². The third-order valence-electron chi connectivity index (χ3n) is 4.94. The van der Waals surface area contributed by atoms with Crippen molar-refractivity contribution < 1.29 is 13.2 Å². The van der Waals surface area contributed by atoms with Crippen molar-refractivity contribution in [3.05, 3.63) is 35.4 Å². The number of hydrogen-bond acceptors (Lipinski definition) is 2. The van der Waals surface area contributed by atoms with Gasteiger partial charge in [0.2, 0.25) is 0 Å². The number of benzene rings is 1. The van der Waals surface area contributed by atoms with Gasteiger partial charge in [0, 0.05) is 25.2 Å². The van der Waals surface area contributed by atoms with Crippen molar-refractivity contribution in [1.29, 1.82) is 0 Å². The van der Waals surface area contributed by atoms with Crippen molar-refractivity contribution in [2.75, 3.05) is 13.1 Å². The van der Waals surface area contributed by atoms with Crippen molar-refractivity contribution in [1.82, 2.24) is 10.2 Å². The minimum atomic E-state index is -4.25. The summed E-state index contributed by atoms with van der Waals surface area (Å²) in [5.74, 6) is 0. The minimum Gasteiger partial charge on any atom is -0.315 e. The van der Waals surface area contributed by atoms with Crippen LogP contribution >= 0.6 is 0 Å². The smallest absolute Gasteiger partial charge is 0.315 e. The summed E-state index contributed by atoms with van der Waals surface area (Å²) in [7, 11) is 0. The predicted octanol–water partition coefficient (Wildman–Crippen LogP) is 3.81. The molecule has 2 aliphatic rings. The van der Waals surface area contributed by atoms with Gasteiger partial charge in [0.05, 0.1) is 5.56 Å². The Hall–Kier alpha value is -1.07. The van der Waals surface area contributed by atoms with E-state index in [-0.39, 0.29) is 0 Å². The van der Waals surface area contributed by atoms with Crippen LogP contribution in [-0.4, -0.2) is 30.1 Å². The molecule has 1 saturated carbocycles. The van der Waals surface area contributed by atoms with Gasteiger partial charge in [0.1, 0.15) is 0 Å². The Labute approximate surface area is 129 Å². The third-order valence-corrected chi connectivity index (χ3v) is 4.94. The lowest BCUT2D eigenvalue weighted by atomic mass is 10.1. The van der Waals surface area contributed by atoms with E-state index in [2.05, 4.69) is 10.2 Å². The molecule has 22 heavy (non-hydrogen) atoms. The third kappa shape index (κ3) is 3.63. The van der Waals surface area contributed by atoms with Gasteiger partial charge in [0.15, 0.2) is 0 Å². The van der Waals surface area contributed by atoms with Gasteiger partial charge >= 0.3 is 6.18 Å². The zero-order valence-corrected chi connectivity index (χ0v) is 12.7. The molecule has 2 nitrogen and oxygen atoms in total. The molecule has 0 unspecified atom stereocenters. The number of halogens is 3. The fourth-order valence-electron chi connectivity index (χ4n) is 3.72. The molecule has 1 aliphatic heterocycles. The Morgan fingerprint density at radius 2 is 1.68 bits per heavy atom. The summed E-state index contributed by atoms with van der Waals surface area (Å²) in [5.41, 5.74) is 0.415. The average molecular weight is 312 g/mol. The maximum absolute atomic E-state index is 12.7. The van der Waals surface area contributed by atoms with E-state index in [0.717, 1.165) is 31.6 Å². The fraction of sp³-hybridized carbons (Fsp3) is 0.647. The molecular formula is C17H23F3N2. The number of rotatable bonds is 4. The quantitative estimate of drug-likeness (QED) is 0.909. The molecular weight excluding hydrogens is 289 g/mol. The lowest BCUT2D eigenvalue weighted by molar-refractivity contribution is -0.137. The lowest BCUT2D eigenvalue weighted by Gasteiger charge is -2.34. The zero-order valence-electron chi connectivity index (χ0n) is 12.7.